The highest BCUT2D eigenvalue weighted by Crippen LogP contribution is 2.32. The Morgan fingerprint density at radius 1 is 1.50 bits per heavy atom. The summed E-state index contributed by atoms with van der Waals surface area (Å²) in [6.45, 7) is 9.94. The summed E-state index contributed by atoms with van der Waals surface area (Å²) in [6, 6.07) is 3.66. The molecule has 1 atom stereocenters. The lowest BCUT2D eigenvalue weighted by atomic mass is 9.82. The zero-order valence-corrected chi connectivity index (χ0v) is 14.7. The molecule has 1 aliphatic rings. The first-order valence-corrected chi connectivity index (χ1v) is 8.59. The van der Waals surface area contributed by atoms with E-state index in [1.54, 1.807) is 24.0 Å². The maximum Gasteiger partial charge on any atom is 0.254 e. The lowest BCUT2D eigenvalue weighted by Crippen LogP contribution is -2.46. The van der Waals surface area contributed by atoms with Crippen molar-refractivity contribution < 1.29 is 9.90 Å². The first kappa shape index (κ1) is 17.3. The first-order valence-electron chi connectivity index (χ1n) is 7.78. The molecule has 2 rings (SSSR count). The van der Waals surface area contributed by atoms with E-state index in [0.717, 1.165) is 24.4 Å². The molecule has 0 saturated carbocycles. The highest BCUT2D eigenvalue weighted by Gasteiger charge is 2.33. The molecule has 0 aromatic carbocycles. The SMILES string of the molecule is CC1(CO)CCCN(C(=O)c2ccnc(SC(C)(C)C)c2)C1. The van der Waals surface area contributed by atoms with Crippen molar-refractivity contribution in [3.8, 4) is 0 Å². The Hall–Kier alpha value is -1.07. The second-order valence-electron chi connectivity index (χ2n) is 7.40. The Labute approximate surface area is 137 Å². The molecule has 0 spiro atoms. The zero-order valence-electron chi connectivity index (χ0n) is 13.9. The van der Waals surface area contributed by atoms with E-state index in [2.05, 4.69) is 25.8 Å². The normalized spacial score (nSPS) is 22.7. The molecule has 0 radical (unpaired) electrons. The van der Waals surface area contributed by atoms with Gasteiger partial charge in [0.2, 0.25) is 0 Å². The molecule has 2 heterocycles. The van der Waals surface area contributed by atoms with Gasteiger partial charge >= 0.3 is 0 Å². The van der Waals surface area contributed by atoms with Gasteiger partial charge in [0, 0.05) is 35.0 Å². The van der Waals surface area contributed by atoms with E-state index in [0.29, 0.717) is 12.1 Å². The predicted octanol–water partition coefficient (Wildman–Crippen LogP) is 3.21. The third-order valence-electron chi connectivity index (χ3n) is 3.84. The van der Waals surface area contributed by atoms with Crippen molar-refractivity contribution in [1.29, 1.82) is 0 Å². The summed E-state index contributed by atoms with van der Waals surface area (Å²) in [4.78, 5) is 18.9. The third-order valence-corrected chi connectivity index (χ3v) is 4.89. The molecule has 1 aliphatic heterocycles. The molecule has 1 unspecified atom stereocenters. The summed E-state index contributed by atoms with van der Waals surface area (Å²) >= 11 is 1.66. The average molecular weight is 322 g/mol. The maximum atomic E-state index is 12.7. The molecule has 0 aliphatic carbocycles. The van der Waals surface area contributed by atoms with Gasteiger partial charge in [0.25, 0.3) is 5.91 Å². The number of amides is 1. The summed E-state index contributed by atoms with van der Waals surface area (Å²) in [7, 11) is 0. The van der Waals surface area contributed by atoms with E-state index in [1.165, 1.54) is 0 Å². The Bertz CT molecular complexity index is 542. The lowest BCUT2D eigenvalue weighted by Gasteiger charge is -2.39. The maximum absolute atomic E-state index is 12.7. The van der Waals surface area contributed by atoms with Crippen molar-refractivity contribution in [2.75, 3.05) is 19.7 Å². The molecular weight excluding hydrogens is 296 g/mol. The molecule has 1 aromatic heterocycles. The molecule has 1 amide bonds. The van der Waals surface area contributed by atoms with E-state index >= 15 is 0 Å². The van der Waals surface area contributed by atoms with Crippen LogP contribution in [0.25, 0.3) is 0 Å². The van der Waals surface area contributed by atoms with Crippen LogP contribution in [0.4, 0.5) is 0 Å². The van der Waals surface area contributed by atoms with Crippen molar-refractivity contribution in [3.05, 3.63) is 23.9 Å². The average Bonchev–Trinajstić information content (AvgIpc) is 2.45. The molecule has 1 N–H and O–H groups in total. The summed E-state index contributed by atoms with van der Waals surface area (Å²) < 4.78 is 0.0647. The Morgan fingerprint density at radius 3 is 2.86 bits per heavy atom. The van der Waals surface area contributed by atoms with Crippen LogP contribution in [0.3, 0.4) is 0 Å². The number of hydrogen-bond acceptors (Lipinski definition) is 4. The predicted molar refractivity (Wildman–Crippen MR) is 90.2 cm³/mol. The number of aliphatic hydroxyl groups excluding tert-OH is 1. The van der Waals surface area contributed by atoms with E-state index in [9.17, 15) is 9.90 Å². The summed E-state index contributed by atoms with van der Waals surface area (Å²) in [6.07, 6.45) is 3.61. The molecule has 1 saturated heterocycles. The summed E-state index contributed by atoms with van der Waals surface area (Å²) in [5.41, 5.74) is 0.508. The molecular formula is C17H26N2O2S. The Kier molecular flexibility index (Phi) is 5.17. The number of hydrogen-bond donors (Lipinski definition) is 1. The summed E-state index contributed by atoms with van der Waals surface area (Å²) in [5.74, 6) is 0.0394. The van der Waals surface area contributed by atoms with Crippen molar-refractivity contribution in [2.24, 2.45) is 5.41 Å². The molecule has 0 bridgehead atoms. The van der Waals surface area contributed by atoms with Crippen molar-refractivity contribution in [3.63, 3.8) is 0 Å². The number of pyridine rings is 1. The number of carbonyl (C=O) groups is 1. The molecule has 1 fully saturated rings. The fraction of sp³-hybridized carbons (Fsp3) is 0.647. The Morgan fingerprint density at radius 2 is 2.23 bits per heavy atom. The van der Waals surface area contributed by atoms with E-state index in [-0.39, 0.29) is 22.7 Å². The smallest absolute Gasteiger partial charge is 0.254 e. The molecule has 5 heteroatoms. The number of rotatable bonds is 3. The van der Waals surface area contributed by atoms with Crippen LogP contribution in [0, 0.1) is 5.41 Å². The largest absolute Gasteiger partial charge is 0.396 e. The second kappa shape index (κ2) is 6.59. The van der Waals surface area contributed by atoms with Gasteiger partial charge in [-0.1, -0.05) is 27.7 Å². The van der Waals surface area contributed by atoms with Crippen LogP contribution < -0.4 is 0 Å². The van der Waals surface area contributed by atoms with Gasteiger partial charge in [0.1, 0.15) is 0 Å². The second-order valence-corrected chi connectivity index (χ2v) is 9.24. The number of likely N-dealkylation sites (tertiary alicyclic amines) is 1. The standard InChI is InChI=1S/C17H26N2O2S/c1-16(2,3)22-14-10-13(6-8-18-14)15(21)19-9-5-7-17(4,11-19)12-20/h6,8,10,20H,5,7,9,11-12H2,1-4H3. The van der Waals surface area contributed by atoms with E-state index in [1.807, 2.05) is 17.9 Å². The number of carbonyl (C=O) groups excluding carboxylic acids is 1. The minimum Gasteiger partial charge on any atom is -0.396 e. The number of aromatic nitrogens is 1. The molecule has 4 nitrogen and oxygen atoms in total. The highest BCUT2D eigenvalue weighted by atomic mass is 32.2. The van der Waals surface area contributed by atoms with Crippen LogP contribution in [0.5, 0.6) is 0 Å². The molecule has 22 heavy (non-hydrogen) atoms. The Balaban J connectivity index is 2.14. The van der Waals surface area contributed by atoms with E-state index < -0.39 is 0 Å². The topological polar surface area (TPSA) is 53.4 Å². The van der Waals surface area contributed by atoms with Crippen molar-refractivity contribution >= 4 is 17.7 Å². The number of piperidine rings is 1. The van der Waals surface area contributed by atoms with Gasteiger partial charge in [-0.2, -0.15) is 0 Å². The third kappa shape index (κ3) is 4.46. The van der Waals surface area contributed by atoms with Crippen LogP contribution in [0.15, 0.2) is 23.4 Å². The van der Waals surface area contributed by atoms with E-state index in [4.69, 9.17) is 0 Å². The minimum atomic E-state index is -0.177. The van der Waals surface area contributed by atoms with Crippen molar-refractivity contribution in [2.45, 2.75) is 50.3 Å². The van der Waals surface area contributed by atoms with Crippen molar-refractivity contribution in [1.82, 2.24) is 9.88 Å². The highest BCUT2D eigenvalue weighted by molar-refractivity contribution is 8.00. The zero-order chi connectivity index (χ0) is 16.4. The van der Waals surface area contributed by atoms with Crippen LogP contribution in [0.1, 0.15) is 50.9 Å². The summed E-state index contributed by atoms with van der Waals surface area (Å²) in [5, 5.41) is 10.4. The molecule has 122 valence electrons. The minimum absolute atomic E-state index is 0.0394. The monoisotopic (exact) mass is 322 g/mol. The van der Waals surface area contributed by atoms with Crippen LogP contribution >= 0.6 is 11.8 Å². The lowest BCUT2D eigenvalue weighted by molar-refractivity contribution is 0.0357. The number of aliphatic hydroxyl groups is 1. The van der Waals surface area contributed by atoms with Gasteiger partial charge in [-0.15, -0.1) is 11.8 Å². The van der Waals surface area contributed by atoms with Crippen LogP contribution in [-0.4, -0.2) is 45.3 Å². The quantitative estimate of drug-likeness (QED) is 0.868. The number of nitrogens with zero attached hydrogens (tertiary/aromatic N) is 2. The fourth-order valence-electron chi connectivity index (χ4n) is 2.71. The van der Waals surface area contributed by atoms with Gasteiger partial charge in [-0.3, -0.25) is 4.79 Å². The number of thioether (sulfide) groups is 1. The van der Waals surface area contributed by atoms with Gasteiger partial charge in [0.15, 0.2) is 0 Å². The van der Waals surface area contributed by atoms with Gasteiger partial charge in [-0.05, 0) is 25.0 Å². The van der Waals surface area contributed by atoms with Gasteiger partial charge in [-0.25, -0.2) is 4.98 Å². The fourth-order valence-corrected chi connectivity index (χ4v) is 3.64. The van der Waals surface area contributed by atoms with Gasteiger partial charge in [0.05, 0.1) is 11.6 Å². The van der Waals surface area contributed by atoms with Crippen LogP contribution in [-0.2, 0) is 0 Å². The van der Waals surface area contributed by atoms with Gasteiger partial charge < -0.3 is 10.0 Å². The molecule has 1 aromatic rings. The van der Waals surface area contributed by atoms with Crippen LogP contribution in [0.2, 0.25) is 0 Å². The first-order chi connectivity index (χ1) is 10.2.